The molecule has 0 spiro atoms. The van der Waals surface area contributed by atoms with Gasteiger partial charge in [0.1, 0.15) is 17.1 Å². The van der Waals surface area contributed by atoms with E-state index in [4.69, 9.17) is 9.15 Å². The summed E-state index contributed by atoms with van der Waals surface area (Å²) in [6, 6.07) is 1.67. The molecule has 120 valence electrons. The van der Waals surface area contributed by atoms with E-state index in [9.17, 15) is 9.59 Å². The molecule has 3 atom stereocenters. The number of esters is 1. The van der Waals surface area contributed by atoms with Crippen LogP contribution in [0.3, 0.4) is 0 Å². The van der Waals surface area contributed by atoms with E-state index in [-0.39, 0.29) is 11.8 Å². The van der Waals surface area contributed by atoms with E-state index in [1.165, 1.54) is 26.4 Å². The molecule has 1 aromatic heterocycles. The van der Waals surface area contributed by atoms with Crippen molar-refractivity contribution in [3.63, 3.8) is 0 Å². The van der Waals surface area contributed by atoms with Gasteiger partial charge in [0.05, 0.1) is 13.7 Å². The molecule has 3 unspecified atom stereocenters. The predicted octanol–water partition coefficient (Wildman–Crippen LogP) is 2.77. The molecular formula is C17H23NO4. The molecule has 2 fully saturated rings. The fourth-order valence-corrected chi connectivity index (χ4v) is 4.08. The Kier molecular flexibility index (Phi) is 3.98. The molecule has 1 heterocycles. The fourth-order valence-electron chi connectivity index (χ4n) is 4.08. The molecule has 22 heavy (non-hydrogen) atoms. The van der Waals surface area contributed by atoms with Gasteiger partial charge >= 0.3 is 5.97 Å². The molecule has 0 aromatic carbocycles. The zero-order chi connectivity index (χ0) is 15.9. The van der Waals surface area contributed by atoms with Crippen molar-refractivity contribution in [1.82, 2.24) is 4.90 Å². The zero-order valence-corrected chi connectivity index (χ0v) is 13.4. The molecule has 1 amide bonds. The monoisotopic (exact) mass is 305 g/mol. The lowest BCUT2D eigenvalue weighted by Crippen LogP contribution is -2.35. The Balaban J connectivity index is 1.65. The van der Waals surface area contributed by atoms with Crippen molar-refractivity contribution in [2.75, 3.05) is 14.2 Å². The molecule has 5 nitrogen and oxygen atoms in total. The van der Waals surface area contributed by atoms with Gasteiger partial charge in [0.25, 0.3) is 0 Å². The maximum atomic E-state index is 12.6. The summed E-state index contributed by atoms with van der Waals surface area (Å²) in [7, 11) is 3.16. The van der Waals surface area contributed by atoms with Gasteiger partial charge in [0.15, 0.2) is 0 Å². The molecule has 0 saturated heterocycles. The van der Waals surface area contributed by atoms with Crippen LogP contribution in [0.1, 0.15) is 47.6 Å². The fraction of sp³-hybridized carbons (Fsp3) is 0.647. The molecule has 1 aromatic rings. The Morgan fingerprint density at radius 2 is 2.14 bits per heavy atom. The van der Waals surface area contributed by atoms with Crippen molar-refractivity contribution >= 4 is 11.9 Å². The highest BCUT2D eigenvalue weighted by Gasteiger charge is 2.43. The minimum atomic E-state index is -0.408. The van der Waals surface area contributed by atoms with Crippen LogP contribution >= 0.6 is 0 Å². The van der Waals surface area contributed by atoms with Crippen LogP contribution in [0.25, 0.3) is 0 Å². The second kappa shape index (κ2) is 5.78. The Hall–Kier alpha value is -1.78. The Morgan fingerprint density at radius 1 is 1.36 bits per heavy atom. The van der Waals surface area contributed by atoms with E-state index < -0.39 is 5.97 Å². The topological polar surface area (TPSA) is 59.8 Å². The lowest BCUT2D eigenvalue weighted by molar-refractivity contribution is -0.136. The van der Waals surface area contributed by atoms with Crippen molar-refractivity contribution < 1.29 is 18.7 Å². The first-order valence-electron chi connectivity index (χ1n) is 7.92. The average Bonchev–Trinajstić information content (AvgIpc) is 3.21. The molecule has 2 aliphatic rings. The summed E-state index contributed by atoms with van der Waals surface area (Å²) in [5, 5.41) is 0. The smallest absolute Gasteiger partial charge is 0.341 e. The molecular weight excluding hydrogens is 282 g/mol. The third-order valence-corrected chi connectivity index (χ3v) is 5.20. The lowest BCUT2D eigenvalue weighted by atomic mass is 9.88. The summed E-state index contributed by atoms with van der Waals surface area (Å²) in [5.74, 6) is 2.46. The first-order chi connectivity index (χ1) is 10.5. The Bertz CT molecular complexity index is 591. The average molecular weight is 305 g/mol. The number of carbonyl (C=O) groups excluding carboxylic acids is 2. The summed E-state index contributed by atoms with van der Waals surface area (Å²) >= 11 is 0. The number of methoxy groups -OCH3 is 1. The van der Waals surface area contributed by atoms with Gasteiger partial charge in [-0.2, -0.15) is 0 Å². The van der Waals surface area contributed by atoms with E-state index in [0.717, 1.165) is 12.3 Å². The number of hydrogen-bond donors (Lipinski definition) is 0. The van der Waals surface area contributed by atoms with Crippen LogP contribution in [0, 0.1) is 24.7 Å². The second-order valence-corrected chi connectivity index (χ2v) is 6.65. The number of fused-ring (bicyclic) bond motifs is 2. The highest BCUT2D eigenvalue weighted by atomic mass is 16.5. The molecule has 3 rings (SSSR count). The normalized spacial score (nSPS) is 26.2. The predicted molar refractivity (Wildman–Crippen MR) is 80.2 cm³/mol. The number of ether oxygens (including phenoxy) is 1. The van der Waals surface area contributed by atoms with Gasteiger partial charge in [0.2, 0.25) is 5.91 Å². The van der Waals surface area contributed by atoms with Crippen LogP contribution in [0.4, 0.5) is 0 Å². The Labute approximate surface area is 130 Å². The van der Waals surface area contributed by atoms with Crippen molar-refractivity contribution in [1.29, 1.82) is 0 Å². The summed E-state index contributed by atoms with van der Waals surface area (Å²) in [6.45, 7) is 2.12. The molecule has 2 aliphatic carbocycles. The molecule has 0 aliphatic heterocycles. The number of carbonyl (C=O) groups is 2. The highest BCUT2D eigenvalue weighted by molar-refractivity contribution is 5.90. The van der Waals surface area contributed by atoms with Gasteiger partial charge < -0.3 is 14.1 Å². The van der Waals surface area contributed by atoms with Crippen LogP contribution in [0.15, 0.2) is 10.5 Å². The van der Waals surface area contributed by atoms with Gasteiger partial charge in [-0.15, -0.1) is 0 Å². The zero-order valence-electron chi connectivity index (χ0n) is 13.4. The minimum absolute atomic E-state index is 0.180. The Morgan fingerprint density at radius 3 is 2.73 bits per heavy atom. The number of amides is 1. The SMILES string of the molecule is COC(=O)c1cc(CN(C)C(=O)C2CC3CCC2C3)oc1C. The third-order valence-electron chi connectivity index (χ3n) is 5.20. The molecule has 5 heteroatoms. The lowest BCUT2D eigenvalue weighted by Gasteiger charge is -2.26. The van der Waals surface area contributed by atoms with Crippen molar-refractivity contribution in [3.05, 3.63) is 23.2 Å². The van der Waals surface area contributed by atoms with Gasteiger partial charge in [0, 0.05) is 13.0 Å². The largest absolute Gasteiger partial charge is 0.465 e. The third kappa shape index (κ3) is 2.64. The van der Waals surface area contributed by atoms with Crippen LogP contribution in [0.5, 0.6) is 0 Å². The number of hydrogen-bond acceptors (Lipinski definition) is 4. The van der Waals surface area contributed by atoms with Crippen LogP contribution < -0.4 is 0 Å². The number of nitrogens with zero attached hydrogens (tertiary/aromatic N) is 1. The molecule has 0 N–H and O–H groups in total. The quantitative estimate of drug-likeness (QED) is 0.803. The summed E-state index contributed by atoms with van der Waals surface area (Å²) in [5.41, 5.74) is 0.429. The first kappa shape index (κ1) is 15.1. The van der Waals surface area contributed by atoms with Gasteiger partial charge in [-0.25, -0.2) is 4.79 Å². The van der Waals surface area contributed by atoms with Crippen LogP contribution in [0.2, 0.25) is 0 Å². The van der Waals surface area contributed by atoms with Gasteiger partial charge in [-0.3, -0.25) is 4.79 Å². The van der Waals surface area contributed by atoms with Crippen molar-refractivity contribution in [2.24, 2.45) is 17.8 Å². The van der Waals surface area contributed by atoms with E-state index in [0.29, 0.717) is 29.5 Å². The van der Waals surface area contributed by atoms with Crippen molar-refractivity contribution in [3.8, 4) is 0 Å². The summed E-state index contributed by atoms with van der Waals surface area (Å²) < 4.78 is 10.3. The standard InChI is InChI=1S/C17H23NO4/c1-10-14(17(20)21-3)8-13(22-10)9-18(2)16(19)15-7-11-4-5-12(15)6-11/h8,11-12,15H,4-7,9H2,1-3H3. The number of furan rings is 1. The van der Waals surface area contributed by atoms with Gasteiger partial charge in [-0.1, -0.05) is 6.42 Å². The minimum Gasteiger partial charge on any atom is -0.465 e. The van der Waals surface area contributed by atoms with Crippen LogP contribution in [-0.4, -0.2) is 30.9 Å². The second-order valence-electron chi connectivity index (χ2n) is 6.65. The van der Waals surface area contributed by atoms with Crippen molar-refractivity contribution in [2.45, 2.75) is 39.2 Å². The maximum Gasteiger partial charge on any atom is 0.341 e. The number of rotatable bonds is 4. The molecule has 2 bridgehead atoms. The summed E-state index contributed by atoms with van der Waals surface area (Å²) in [6.07, 6.45) is 4.74. The molecule has 0 radical (unpaired) electrons. The van der Waals surface area contributed by atoms with E-state index in [2.05, 4.69) is 0 Å². The van der Waals surface area contributed by atoms with E-state index in [1.807, 2.05) is 7.05 Å². The number of aryl methyl sites for hydroxylation is 1. The highest BCUT2D eigenvalue weighted by Crippen LogP contribution is 2.48. The van der Waals surface area contributed by atoms with Gasteiger partial charge in [-0.05, 0) is 44.1 Å². The van der Waals surface area contributed by atoms with E-state index >= 15 is 0 Å². The maximum absolute atomic E-state index is 12.6. The molecule has 2 saturated carbocycles. The summed E-state index contributed by atoms with van der Waals surface area (Å²) in [4.78, 5) is 25.9. The van der Waals surface area contributed by atoms with Crippen LogP contribution in [-0.2, 0) is 16.1 Å². The first-order valence-corrected chi connectivity index (χ1v) is 7.92. The van der Waals surface area contributed by atoms with E-state index in [1.54, 1.807) is 17.9 Å².